The van der Waals surface area contributed by atoms with Crippen LogP contribution in [-0.2, 0) is 0 Å². The number of rotatable bonds is 6. The molecule has 250 valence electrons. The molecule has 0 radical (unpaired) electrons. The molecule has 0 spiro atoms. The first-order valence-corrected chi connectivity index (χ1v) is 16.5. The molecule has 0 saturated heterocycles. The molecule has 3 fully saturated rings. The molecule has 45 heavy (non-hydrogen) atoms. The molecule has 0 unspecified atom stereocenters. The average Bonchev–Trinajstić information content (AvgIpc) is 3.03. The minimum atomic E-state index is -0.602. The van der Waals surface area contributed by atoms with Gasteiger partial charge in [-0.3, -0.25) is 19.2 Å². The van der Waals surface area contributed by atoms with Gasteiger partial charge < -0.3 is 16.4 Å². The Hall–Kier alpha value is -2.74. The quantitative estimate of drug-likeness (QED) is 0.267. The lowest BCUT2D eigenvalue weighted by Crippen LogP contribution is -2.37. The van der Waals surface area contributed by atoms with Crippen molar-refractivity contribution in [3.63, 3.8) is 0 Å². The lowest BCUT2D eigenvalue weighted by molar-refractivity contribution is 0.0927. The van der Waals surface area contributed by atoms with Crippen LogP contribution in [0.2, 0.25) is 0 Å². The molecular formula is C36H53Cl2N3O4. The Morgan fingerprint density at radius 1 is 0.533 bits per heavy atom. The number of hydrogen-bond acceptors (Lipinski definition) is 5. The van der Waals surface area contributed by atoms with Gasteiger partial charge in [0.25, 0.3) is 22.3 Å². The van der Waals surface area contributed by atoms with Crippen LogP contribution >= 0.6 is 23.2 Å². The minimum absolute atomic E-state index is 0. The Morgan fingerprint density at radius 3 is 1.16 bits per heavy atom. The van der Waals surface area contributed by atoms with Crippen LogP contribution in [0.15, 0.2) is 48.5 Å². The standard InChI is InChI=1S/C20H28N2O2.C8H4Cl2O2.C6H13N.2CH4/c23-19(21-17-10-3-1-4-11-17)15-8-7-9-16(14-15)20(24)22-18-12-5-2-6-13-18;9-7(11)5-2-1-3-6(4-5)8(10)12;7-6-4-2-1-3-5-6;;/h7-9,14,17-18H,1-6,10-13H2,(H,21,23)(H,22,24);1-4H;6H,1-5,7H2;2*1H4. The molecule has 0 atom stereocenters. The fourth-order valence-electron chi connectivity index (χ4n) is 5.73. The summed E-state index contributed by atoms with van der Waals surface area (Å²) in [6, 6.07) is 14.1. The van der Waals surface area contributed by atoms with Crippen molar-refractivity contribution in [3.05, 3.63) is 70.8 Å². The third-order valence-electron chi connectivity index (χ3n) is 8.23. The van der Waals surface area contributed by atoms with Crippen molar-refractivity contribution >= 4 is 45.5 Å². The van der Waals surface area contributed by atoms with E-state index >= 15 is 0 Å². The topological polar surface area (TPSA) is 118 Å². The first-order chi connectivity index (χ1) is 20.7. The van der Waals surface area contributed by atoms with Crippen LogP contribution in [0.5, 0.6) is 0 Å². The molecule has 0 aromatic heterocycles. The van der Waals surface area contributed by atoms with Gasteiger partial charge in [0.2, 0.25) is 0 Å². The predicted octanol–water partition coefficient (Wildman–Crippen LogP) is 8.81. The van der Waals surface area contributed by atoms with E-state index in [0.717, 1.165) is 25.7 Å². The van der Waals surface area contributed by atoms with E-state index in [1.54, 1.807) is 30.3 Å². The normalized spacial score (nSPS) is 17.0. The Kier molecular flexibility index (Phi) is 19.6. The maximum Gasteiger partial charge on any atom is 0.252 e. The largest absolute Gasteiger partial charge is 0.349 e. The zero-order valence-corrected chi connectivity index (χ0v) is 26.4. The van der Waals surface area contributed by atoms with Crippen molar-refractivity contribution < 1.29 is 19.2 Å². The van der Waals surface area contributed by atoms with Crippen LogP contribution in [-0.4, -0.2) is 40.4 Å². The van der Waals surface area contributed by atoms with Gasteiger partial charge in [-0.05, 0) is 86.0 Å². The predicted molar refractivity (Wildman–Crippen MR) is 186 cm³/mol. The summed E-state index contributed by atoms with van der Waals surface area (Å²) in [6.07, 6.45) is 18.2. The van der Waals surface area contributed by atoms with Gasteiger partial charge in [-0.25, -0.2) is 0 Å². The summed E-state index contributed by atoms with van der Waals surface area (Å²) in [4.78, 5) is 46.1. The molecule has 0 heterocycles. The van der Waals surface area contributed by atoms with Gasteiger partial charge >= 0.3 is 0 Å². The number of benzene rings is 2. The lowest BCUT2D eigenvalue weighted by atomic mass is 9.95. The van der Waals surface area contributed by atoms with Crippen molar-refractivity contribution in [1.82, 2.24) is 10.6 Å². The van der Waals surface area contributed by atoms with Crippen LogP contribution in [0.4, 0.5) is 0 Å². The number of hydrogen-bond donors (Lipinski definition) is 3. The highest BCUT2D eigenvalue weighted by molar-refractivity contribution is 6.69. The van der Waals surface area contributed by atoms with Crippen molar-refractivity contribution in [2.24, 2.45) is 5.73 Å². The smallest absolute Gasteiger partial charge is 0.252 e. The first kappa shape index (κ1) is 40.3. The Balaban J connectivity index is 0.000000402. The highest BCUT2D eigenvalue weighted by Gasteiger charge is 2.19. The lowest BCUT2D eigenvalue weighted by Gasteiger charge is -2.23. The first-order valence-electron chi connectivity index (χ1n) is 15.7. The maximum absolute atomic E-state index is 12.4. The zero-order valence-electron chi connectivity index (χ0n) is 24.9. The second-order valence-electron chi connectivity index (χ2n) is 11.7. The Bertz CT molecular complexity index is 1130. The van der Waals surface area contributed by atoms with Gasteiger partial charge in [-0.15, -0.1) is 0 Å². The van der Waals surface area contributed by atoms with Gasteiger partial charge in [0.15, 0.2) is 0 Å². The molecule has 3 aliphatic carbocycles. The van der Waals surface area contributed by atoms with E-state index in [1.165, 1.54) is 88.8 Å². The third kappa shape index (κ3) is 14.9. The summed E-state index contributed by atoms with van der Waals surface area (Å²) in [5.74, 6) is -0.122. The maximum atomic E-state index is 12.4. The van der Waals surface area contributed by atoms with E-state index in [2.05, 4.69) is 10.6 Å². The van der Waals surface area contributed by atoms with Crippen molar-refractivity contribution in [2.45, 2.75) is 129 Å². The highest BCUT2D eigenvalue weighted by Crippen LogP contribution is 2.20. The molecular weight excluding hydrogens is 609 g/mol. The second kappa shape index (κ2) is 21.9. The zero-order chi connectivity index (χ0) is 31.0. The van der Waals surface area contributed by atoms with E-state index in [-0.39, 0.29) is 49.9 Å². The SMILES string of the molecule is C.C.NC1CCCCC1.O=C(Cl)c1cccc(C(=O)Cl)c1.O=C(NC1CCCCC1)c1cccc(C(=O)NC2CCCCC2)c1. The Labute approximate surface area is 280 Å². The van der Waals surface area contributed by atoms with Crippen molar-refractivity contribution in [3.8, 4) is 0 Å². The van der Waals surface area contributed by atoms with E-state index in [9.17, 15) is 19.2 Å². The summed E-state index contributed by atoms with van der Waals surface area (Å²) in [5, 5.41) is 5.02. The van der Waals surface area contributed by atoms with Gasteiger partial charge in [0.1, 0.15) is 0 Å². The van der Waals surface area contributed by atoms with Crippen LogP contribution < -0.4 is 16.4 Å². The molecule has 3 aliphatic rings. The van der Waals surface area contributed by atoms with E-state index in [1.807, 2.05) is 0 Å². The summed E-state index contributed by atoms with van der Waals surface area (Å²) < 4.78 is 0. The monoisotopic (exact) mass is 661 g/mol. The molecule has 3 saturated carbocycles. The van der Waals surface area contributed by atoms with Gasteiger partial charge in [-0.1, -0.05) is 96.9 Å². The van der Waals surface area contributed by atoms with Crippen LogP contribution in [0.1, 0.15) is 153 Å². The summed E-state index contributed by atoms with van der Waals surface area (Å²) in [7, 11) is 0. The third-order valence-corrected chi connectivity index (χ3v) is 8.67. The molecule has 7 nitrogen and oxygen atoms in total. The summed E-state index contributed by atoms with van der Waals surface area (Å²) in [5.41, 5.74) is 7.33. The van der Waals surface area contributed by atoms with E-state index in [4.69, 9.17) is 28.9 Å². The minimum Gasteiger partial charge on any atom is -0.349 e. The molecule has 2 aromatic carbocycles. The fraction of sp³-hybridized carbons (Fsp3) is 0.556. The molecule has 0 bridgehead atoms. The van der Waals surface area contributed by atoms with Crippen LogP contribution in [0, 0.1) is 0 Å². The molecule has 4 N–H and O–H groups in total. The summed E-state index contributed by atoms with van der Waals surface area (Å²) >= 11 is 10.4. The van der Waals surface area contributed by atoms with Crippen molar-refractivity contribution in [2.75, 3.05) is 0 Å². The number of nitrogens with one attached hydrogen (secondary N) is 2. The van der Waals surface area contributed by atoms with Gasteiger partial charge in [0, 0.05) is 40.4 Å². The number of amides is 2. The van der Waals surface area contributed by atoms with Crippen molar-refractivity contribution in [1.29, 1.82) is 0 Å². The summed E-state index contributed by atoms with van der Waals surface area (Å²) in [6.45, 7) is 0. The average molecular weight is 663 g/mol. The number of carbonyl (C=O) groups excluding carboxylic acids is 4. The van der Waals surface area contributed by atoms with E-state index < -0.39 is 10.5 Å². The Morgan fingerprint density at radius 2 is 0.844 bits per heavy atom. The molecule has 2 amide bonds. The van der Waals surface area contributed by atoms with Gasteiger partial charge in [-0.2, -0.15) is 0 Å². The van der Waals surface area contributed by atoms with Crippen LogP contribution in [0.25, 0.3) is 0 Å². The van der Waals surface area contributed by atoms with Gasteiger partial charge in [0.05, 0.1) is 0 Å². The molecule has 5 rings (SSSR count). The second-order valence-corrected chi connectivity index (χ2v) is 12.4. The van der Waals surface area contributed by atoms with E-state index in [0.29, 0.717) is 17.2 Å². The fourth-order valence-corrected chi connectivity index (χ4v) is 5.97. The number of nitrogens with two attached hydrogens (primary N) is 1. The number of carbonyl (C=O) groups is 4. The van der Waals surface area contributed by atoms with Crippen LogP contribution in [0.3, 0.4) is 0 Å². The highest BCUT2D eigenvalue weighted by atomic mass is 35.5. The molecule has 9 heteroatoms. The molecule has 2 aromatic rings. The number of halogens is 2. The molecule has 0 aliphatic heterocycles.